The topological polar surface area (TPSA) is 58.2 Å². The van der Waals surface area contributed by atoms with Gasteiger partial charge >= 0.3 is 0 Å². The zero-order valence-corrected chi connectivity index (χ0v) is 15.4. The third kappa shape index (κ3) is 4.14. The molecule has 0 spiro atoms. The van der Waals surface area contributed by atoms with Crippen molar-refractivity contribution in [2.75, 3.05) is 6.54 Å². The van der Waals surface area contributed by atoms with Crippen molar-refractivity contribution in [2.45, 2.75) is 57.4 Å². The van der Waals surface area contributed by atoms with E-state index < -0.39 is 11.5 Å². The maximum Gasteiger partial charge on any atom is 0.242 e. The van der Waals surface area contributed by atoms with Gasteiger partial charge in [-0.3, -0.25) is 9.59 Å². The molecule has 1 aliphatic carbocycles. The van der Waals surface area contributed by atoms with Gasteiger partial charge in [-0.15, -0.1) is 0 Å². The standard InChI is InChI=1S/C18H25BrN2O2/c1-3-12-20-16(22)13(2)21-17(23)18(10-4-5-11-18)14-6-8-15(19)9-7-14/h6-9,13H,3-5,10-12H2,1-2H3,(H,20,22)(H,21,23). The van der Waals surface area contributed by atoms with Crippen LogP contribution in [0.1, 0.15) is 51.5 Å². The van der Waals surface area contributed by atoms with E-state index in [-0.39, 0.29) is 11.8 Å². The van der Waals surface area contributed by atoms with Gasteiger partial charge in [0.05, 0.1) is 5.41 Å². The van der Waals surface area contributed by atoms with Crippen molar-refractivity contribution in [3.05, 3.63) is 34.3 Å². The zero-order valence-electron chi connectivity index (χ0n) is 13.8. The molecule has 1 fully saturated rings. The maximum atomic E-state index is 12.9. The van der Waals surface area contributed by atoms with Crippen molar-refractivity contribution in [2.24, 2.45) is 0 Å². The molecule has 1 saturated carbocycles. The summed E-state index contributed by atoms with van der Waals surface area (Å²) in [7, 11) is 0. The van der Waals surface area contributed by atoms with Crippen LogP contribution in [0, 0.1) is 0 Å². The van der Waals surface area contributed by atoms with Gasteiger partial charge in [0, 0.05) is 11.0 Å². The first-order valence-corrected chi connectivity index (χ1v) is 9.13. The van der Waals surface area contributed by atoms with Gasteiger partial charge in [-0.05, 0) is 43.9 Å². The molecule has 1 unspecified atom stereocenters. The summed E-state index contributed by atoms with van der Waals surface area (Å²) in [5.74, 6) is -0.152. The highest BCUT2D eigenvalue weighted by molar-refractivity contribution is 9.10. The molecule has 2 rings (SSSR count). The van der Waals surface area contributed by atoms with Crippen LogP contribution in [0.2, 0.25) is 0 Å². The van der Waals surface area contributed by atoms with Crippen LogP contribution in [0.4, 0.5) is 0 Å². The molecule has 4 nitrogen and oxygen atoms in total. The molecule has 0 radical (unpaired) electrons. The van der Waals surface area contributed by atoms with E-state index in [0.29, 0.717) is 6.54 Å². The van der Waals surface area contributed by atoms with Crippen LogP contribution < -0.4 is 10.6 Å². The van der Waals surface area contributed by atoms with E-state index in [9.17, 15) is 9.59 Å². The van der Waals surface area contributed by atoms with Crippen molar-refractivity contribution < 1.29 is 9.59 Å². The van der Waals surface area contributed by atoms with Crippen LogP contribution in [0.5, 0.6) is 0 Å². The second-order valence-electron chi connectivity index (χ2n) is 6.28. The largest absolute Gasteiger partial charge is 0.354 e. The lowest BCUT2D eigenvalue weighted by Crippen LogP contribution is -2.51. The Morgan fingerprint density at radius 2 is 1.83 bits per heavy atom. The average molecular weight is 381 g/mol. The van der Waals surface area contributed by atoms with Gasteiger partial charge in [-0.2, -0.15) is 0 Å². The van der Waals surface area contributed by atoms with Gasteiger partial charge in [-0.1, -0.05) is 47.8 Å². The Kier molecular flexibility index (Phi) is 6.22. The first-order chi connectivity index (χ1) is 11.0. The summed E-state index contributed by atoms with van der Waals surface area (Å²) < 4.78 is 1.00. The molecule has 23 heavy (non-hydrogen) atoms. The molecule has 0 aliphatic heterocycles. The number of hydrogen-bond donors (Lipinski definition) is 2. The van der Waals surface area contributed by atoms with Crippen molar-refractivity contribution in [1.82, 2.24) is 10.6 Å². The Hall–Kier alpha value is -1.36. The number of benzene rings is 1. The summed E-state index contributed by atoms with van der Waals surface area (Å²) in [6.45, 7) is 4.38. The minimum atomic E-state index is -0.512. The van der Waals surface area contributed by atoms with Crippen LogP contribution in [0.3, 0.4) is 0 Å². The molecule has 1 aromatic rings. The molecule has 1 aliphatic rings. The van der Waals surface area contributed by atoms with E-state index >= 15 is 0 Å². The first kappa shape index (κ1) is 18.0. The highest BCUT2D eigenvalue weighted by Gasteiger charge is 2.43. The molecule has 0 saturated heterocycles. The predicted molar refractivity (Wildman–Crippen MR) is 95.2 cm³/mol. The Morgan fingerprint density at radius 3 is 2.39 bits per heavy atom. The van der Waals surface area contributed by atoms with Crippen molar-refractivity contribution in [3.63, 3.8) is 0 Å². The van der Waals surface area contributed by atoms with Gasteiger partial charge in [-0.25, -0.2) is 0 Å². The highest BCUT2D eigenvalue weighted by atomic mass is 79.9. The lowest BCUT2D eigenvalue weighted by Gasteiger charge is -2.30. The van der Waals surface area contributed by atoms with Crippen LogP contribution in [0.25, 0.3) is 0 Å². The summed E-state index contributed by atoms with van der Waals surface area (Å²) in [4.78, 5) is 24.9. The van der Waals surface area contributed by atoms with Gasteiger partial charge in [0.2, 0.25) is 11.8 Å². The van der Waals surface area contributed by atoms with Crippen LogP contribution in [-0.2, 0) is 15.0 Å². The van der Waals surface area contributed by atoms with E-state index in [2.05, 4.69) is 26.6 Å². The molecule has 0 aromatic heterocycles. The highest BCUT2D eigenvalue weighted by Crippen LogP contribution is 2.41. The normalized spacial score (nSPS) is 17.5. The fourth-order valence-electron chi connectivity index (χ4n) is 3.20. The first-order valence-electron chi connectivity index (χ1n) is 8.34. The van der Waals surface area contributed by atoms with Gasteiger partial charge in [0.15, 0.2) is 0 Å². The lowest BCUT2D eigenvalue weighted by atomic mass is 9.78. The smallest absolute Gasteiger partial charge is 0.242 e. The quantitative estimate of drug-likeness (QED) is 0.795. The SMILES string of the molecule is CCCNC(=O)C(C)NC(=O)C1(c2ccc(Br)cc2)CCCC1. The second-order valence-corrected chi connectivity index (χ2v) is 7.20. The second kappa shape index (κ2) is 7.95. The molecule has 2 amide bonds. The molecule has 1 atom stereocenters. The molecule has 0 bridgehead atoms. The monoisotopic (exact) mass is 380 g/mol. The fourth-order valence-corrected chi connectivity index (χ4v) is 3.46. The molecule has 126 valence electrons. The Bertz CT molecular complexity index is 551. The molecule has 5 heteroatoms. The molecular formula is C18H25BrN2O2. The Labute approximate surface area is 146 Å². The predicted octanol–water partition coefficient (Wildman–Crippen LogP) is 3.29. The van der Waals surface area contributed by atoms with Crippen molar-refractivity contribution in [3.8, 4) is 0 Å². The van der Waals surface area contributed by atoms with Gasteiger partial charge in [0.1, 0.15) is 6.04 Å². The Morgan fingerprint density at radius 1 is 1.22 bits per heavy atom. The van der Waals surface area contributed by atoms with E-state index in [1.165, 1.54) is 0 Å². The third-order valence-corrected chi connectivity index (χ3v) is 5.11. The zero-order chi connectivity index (χ0) is 16.9. The third-order valence-electron chi connectivity index (χ3n) is 4.58. The van der Waals surface area contributed by atoms with Gasteiger partial charge in [0.25, 0.3) is 0 Å². The number of amides is 2. The minimum absolute atomic E-state index is 0.0310. The van der Waals surface area contributed by atoms with Crippen LogP contribution >= 0.6 is 15.9 Å². The van der Waals surface area contributed by atoms with Gasteiger partial charge < -0.3 is 10.6 Å². The lowest BCUT2D eigenvalue weighted by molar-refractivity contribution is -0.131. The number of nitrogens with one attached hydrogen (secondary N) is 2. The molecular weight excluding hydrogens is 356 g/mol. The molecule has 1 aromatic carbocycles. The number of rotatable bonds is 6. The summed E-state index contributed by atoms with van der Waals surface area (Å²) in [5.41, 5.74) is 0.539. The number of carbonyl (C=O) groups is 2. The fraction of sp³-hybridized carbons (Fsp3) is 0.556. The van der Waals surface area contributed by atoms with Crippen molar-refractivity contribution in [1.29, 1.82) is 0 Å². The average Bonchev–Trinajstić information content (AvgIpc) is 3.04. The maximum absolute atomic E-state index is 12.9. The van der Waals surface area contributed by atoms with E-state index in [4.69, 9.17) is 0 Å². The number of carbonyl (C=O) groups excluding carboxylic acids is 2. The van der Waals surface area contributed by atoms with Crippen LogP contribution in [-0.4, -0.2) is 24.4 Å². The summed E-state index contributed by atoms with van der Waals surface area (Å²) in [5, 5.41) is 5.75. The Balaban J connectivity index is 2.13. The van der Waals surface area contributed by atoms with E-state index in [1.54, 1.807) is 6.92 Å². The van der Waals surface area contributed by atoms with Crippen molar-refractivity contribution >= 4 is 27.7 Å². The summed E-state index contributed by atoms with van der Waals surface area (Å²) >= 11 is 3.44. The number of hydrogen-bond acceptors (Lipinski definition) is 2. The molecule has 2 N–H and O–H groups in total. The van der Waals surface area contributed by atoms with E-state index in [0.717, 1.165) is 42.1 Å². The minimum Gasteiger partial charge on any atom is -0.354 e. The van der Waals surface area contributed by atoms with E-state index in [1.807, 2.05) is 31.2 Å². The summed E-state index contributed by atoms with van der Waals surface area (Å²) in [6, 6.07) is 7.45. The summed E-state index contributed by atoms with van der Waals surface area (Å²) in [6.07, 6.45) is 4.64. The van der Waals surface area contributed by atoms with Crippen LogP contribution in [0.15, 0.2) is 28.7 Å². The molecule has 0 heterocycles. The number of halogens is 1.